The molecule has 0 aliphatic carbocycles. The molecule has 0 saturated heterocycles. The van der Waals surface area contributed by atoms with Crippen molar-refractivity contribution < 1.29 is 32.9 Å². The molecule has 250 valence electrons. The summed E-state index contributed by atoms with van der Waals surface area (Å²) in [5.74, 6) is -0.183. The Kier molecular flexibility index (Phi) is 26.1. The number of phosphoric ester groups is 1. The average Bonchev–Trinajstić information content (AvgIpc) is 2.92. The molecule has 1 amide bonds. The Labute approximate surface area is 259 Å². The number of unbranched alkanes of at least 4 members (excludes halogenated alkanes) is 15. The standard InChI is InChI=1S/C33H67N2O6P/c1-6-8-10-12-14-16-18-20-22-24-26-32(36)31(30-41-42(38,39)40-29-28-35(3,4)5)34-33(37)27-25-23-21-19-17-15-13-11-9-7-2/h13,15,31-32,36H,6-12,14,16-30H2,1-5H3,(H-,34,37,38,39)/b15-13-. The van der Waals surface area contributed by atoms with Crippen molar-refractivity contribution >= 4 is 13.7 Å². The third-order valence-electron chi connectivity index (χ3n) is 7.50. The van der Waals surface area contributed by atoms with Gasteiger partial charge in [-0.2, -0.15) is 0 Å². The highest BCUT2D eigenvalue weighted by Gasteiger charge is 2.24. The van der Waals surface area contributed by atoms with Crippen LogP contribution in [0.25, 0.3) is 0 Å². The lowest BCUT2D eigenvalue weighted by Crippen LogP contribution is -2.46. The molecule has 0 aromatic rings. The number of hydrogen-bond acceptors (Lipinski definition) is 6. The summed E-state index contributed by atoms with van der Waals surface area (Å²) in [6.45, 7) is 4.61. The molecule has 0 rings (SSSR count). The van der Waals surface area contributed by atoms with E-state index in [0.717, 1.165) is 57.8 Å². The smallest absolute Gasteiger partial charge is 0.268 e. The largest absolute Gasteiger partial charge is 0.756 e. The molecule has 0 aliphatic heterocycles. The molecule has 2 N–H and O–H groups in total. The maximum Gasteiger partial charge on any atom is 0.268 e. The van der Waals surface area contributed by atoms with Gasteiger partial charge in [-0.3, -0.25) is 9.36 Å². The molecule has 9 heteroatoms. The summed E-state index contributed by atoms with van der Waals surface area (Å²) in [6, 6.07) is -0.798. The first-order chi connectivity index (χ1) is 20.0. The second kappa shape index (κ2) is 26.6. The van der Waals surface area contributed by atoms with Crippen molar-refractivity contribution in [3.05, 3.63) is 12.2 Å². The van der Waals surface area contributed by atoms with Gasteiger partial charge in [-0.25, -0.2) is 0 Å². The minimum Gasteiger partial charge on any atom is -0.756 e. The van der Waals surface area contributed by atoms with E-state index in [-0.39, 0.29) is 19.1 Å². The minimum atomic E-state index is -4.54. The fourth-order valence-corrected chi connectivity index (χ4v) is 5.39. The highest BCUT2D eigenvalue weighted by Crippen LogP contribution is 2.38. The van der Waals surface area contributed by atoms with Crippen LogP contribution in [-0.2, 0) is 18.4 Å². The zero-order chi connectivity index (χ0) is 31.5. The number of aliphatic hydroxyl groups is 1. The van der Waals surface area contributed by atoms with E-state index in [9.17, 15) is 19.4 Å². The highest BCUT2D eigenvalue weighted by atomic mass is 31.2. The Morgan fingerprint density at radius 1 is 0.810 bits per heavy atom. The van der Waals surface area contributed by atoms with E-state index >= 15 is 0 Å². The van der Waals surface area contributed by atoms with Gasteiger partial charge in [-0.15, -0.1) is 0 Å². The predicted molar refractivity (Wildman–Crippen MR) is 173 cm³/mol. The molecule has 0 fully saturated rings. The average molecular weight is 619 g/mol. The van der Waals surface area contributed by atoms with Crippen LogP contribution in [-0.4, -0.2) is 68.5 Å². The highest BCUT2D eigenvalue weighted by molar-refractivity contribution is 7.45. The fraction of sp³-hybridized carbons (Fsp3) is 0.909. The number of nitrogens with zero attached hydrogens (tertiary/aromatic N) is 1. The van der Waals surface area contributed by atoms with Gasteiger partial charge < -0.3 is 28.8 Å². The van der Waals surface area contributed by atoms with Crippen molar-refractivity contribution in [3.63, 3.8) is 0 Å². The van der Waals surface area contributed by atoms with Crippen LogP contribution in [0.15, 0.2) is 12.2 Å². The van der Waals surface area contributed by atoms with Gasteiger partial charge in [0.1, 0.15) is 13.2 Å². The van der Waals surface area contributed by atoms with E-state index in [1.54, 1.807) is 0 Å². The number of phosphoric acid groups is 1. The predicted octanol–water partition coefficient (Wildman–Crippen LogP) is 7.44. The van der Waals surface area contributed by atoms with Crippen molar-refractivity contribution in [2.24, 2.45) is 0 Å². The topological polar surface area (TPSA) is 108 Å². The summed E-state index contributed by atoms with van der Waals surface area (Å²) in [5, 5.41) is 13.7. The van der Waals surface area contributed by atoms with Crippen LogP contribution in [0.1, 0.15) is 142 Å². The number of rotatable bonds is 30. The Balaban J connectivity index is 4.57. The Morgan fingerprint density at radius 2 is 1.33 bits per heavy atom. The van der Waals surface area contributed by atoms with Gasteiger partial charge in [0.05, 0.1) is 39.9 Å². The normalized spacial score (nSPS) is 15.1. The van der Waals surface area contributed by atoms with Crippen LogP contribution >= 0.6 is 7.82 Å². The Morgan fingerprint density at radius 3 is 1.93 bits per heavy atom. The van der Waals surface area contributed by atoms with Crippen molar-refractivity contribution in [2.45, 2.75) is 154 Å². The zero-order valence-electron chi connectivity index (χ0n) is 28.0. The summed E-state index contributed by atoms with van der Waals surface area (Å²) >= 11 is 0. The molecule has 0 bridgehead atoms. The number of aliphatic hydroxyl groups excluding tert-OH is 1. The third-order valence-corrected chi connectivity index (χ3v) is 8.47. The number of nitrogens with one attached hydrogen (secondary N) is 1. The molecule has 0 aliphatic rings. The minimum absolute atomic E-state index is 0.0109. The Bertz CT molecular complexity index is 713. The number of carbonyl (C=O) groups is 1. The summed E-state index contributed by atoms with van der Waals surface area (Å²) in [7, 11) is 1.29. The first-order valence-corrected chi connectivity index (χ1v) is 18.5. The first-order valence-electron chi connectivity index (χ1n) is 17.0. The fourth-order valence-electron chi connectivity index (χ4n) is 4.66. The SMILES string of the molecule is CCCC/C=C\CCCCCCC(=O)NC(COP(=O)([O-])OCC[N+](C)(C)C)C(O)CCCCCCCCCCCC. The van der Waals surface area contributed by atoms with Gasteiger partial charge >= 0.3 is 0 Å². The van der Waals surface area contributed by atoms with Crippen molar-refractivity contribution in [1.82, 2.24) is 5.32 Å². The lowest BCUT2D eigenvalue weighted by atomic mass is 10.0. The summed E-state index contributed by atoms with van der Waals surface area (Å²) in [6.07, 6.45) is 25.0. The van der Waals surface area contributed by atoms with Gasteiger partial charge in [0, 0.05) is 6.42 Å². The summed E-state index contributed by atoms with van der Waals surface area (Å²) in [4.78, 5) is 25.0. The monoisotopic (exact) mass is 618 g/mol. The van der Waals surface area contributed by atoms with Gasteiger partial charge in [0.25, 0.3) is 7.82 Å². The molecular weight excluding hydrogens is 551 g/mol. The van der Waals surface area contributed by atoms with Gasteiger partial charge in [0.15, 0.2) is 0 Å². The second-order valence-corrected chi connectivity index (χ2v) is 14.3. The first kappa shape index (κ1) is 41.2. The van der Waals surface area contributed by atoms with E-state index in [0.29, 0.717) is 23.9 Å². The van der Waals surface area contributed by atoms with Crippen LogP contribution in [0.3, 0.4) is 0 Å². The number of quaternary nitrogens is 1. The molecule has 0 spiro atoms. The van der Waals surface area contributed by atoms with E-state index in [4.69, 9.17) is 9.05 Å². The number of amides is 1. The lowest BCUT2D eigenvalue weighted by Gasteiger charge is -2.30. The van der Waals surface area contributed by atoms with Gasteiger partial charge in [-0.05, 0) is 32.1 Å². The number of likely N-dealkylation sites (N-methyl/N-ethyl adjacent to an activating group) is 1. The molecule has 0 saturated carbocycles. The summed E-state index contributed by atoms with van der Waals surface area (Å²) in [5.41, 5.74) is 0. The molecule has 0 heterocycles. The molecule has 42 heavy (non-hydrogen) atoms. The molecule has 3 unspecified atom stereocenters. The summed E-state index contributed by atoms with van der Waals surface area (Å²) < 4.78 is 23.0. The van der Waals surface area contributed by atoms with Crippen molar-refractivity contribution in [2.75, 3.05) is 40.9 Å². The van der Waals surface area contributed by atoms with E-state index in [1.807, 2.05) is 21.1 Å². The van der Waals surface area contributed by atoms with Crippen LogP contribution in [0, 0.1) is 0 Å². The molecule has 0 aromatic carbocycles. The van der Waals surface area contributed by atoms with Crippen LogP contribution in [0.5, 0.6) is 0 Å². The number of hydrogen-bond donors (Lipinski definition) is 2. The van der Waals surface area contributed by atoms with E-state index < -0.39 is 20.0 Å². The quantitative estimate of drug-likeness (QED) is 0.0375. The number of allylic oxidation sites excluding steroid dienone is 2. The van der Waals surface area contributed by atoms with Gasteiger partial charge in [-0.1, -0.05) is 116 Å². The molecular formula is C33H67N2O6P. The zero-order valence-corrected chi connectivity index (χ0v) is 28.9. The maximum atomic E-state index is 12.7. The molecule has 0 radical (unpaired) electrons. The third kappa shape index (κ3) is 28.0. The van der Waals surface area contributed by atoms with Crippen LogP contribution < -0.4 is 10.2 Å². The molecule has 3 atom stereocenters. The van der Waals surface area contributed by atoms with Crippen LogP contribution in [0.4, 0.5) is 0 Å². The second-order valence-electron chi connectivity index (χ2n) is 12.9. The lowest BCUT2D eigenvalue weighted by molar-refractivity contribution is -0.870. The van der Waals surface area contributed by atoms with Gasteiger partial charge in [0.2, 0.25) is 5.91 Å². The molecule has 8 nitrogen and oxygen atoms in total. The number of carbonyl (C=O) groups excluding carboxylic acids is 1. The van der Waals surface area contributed by atoms with Crippen molar-refractivity contribution in [1.29, 1.82) is 0 Å². The Hall–Kier alpha value is -0.760. The molecule has 0 aromatic heterocycles. The van der Waals surface area contributed by atoms with E-state index in [2.05, 4.69) is 31.3 Å². The van der Waals surface area contributed by atoms with Crippen molar-refractivity contribution in [3.8, 4) is 0 Å². The van der Waals surface area contributed by atoms with Crippen LogP contribution in [0.2, 0.25) is 0 Å². The maximum absolute atomic E-state index is 12.7. The van der Waals surface area contributed by atoms with E-state index in [1.165, 1.54) is 57.8 Å².